The zero-order valence-corrected chi connectivity index (χ0v) is 12.0. The topological polar surface area (TPSA) is 80.5 Å². The fourth-order valence-corrected chi connectivity index (χ4v) is 3.11. The van der Waals surface area contributed by atoms with Crippen LogP contribution in [0, 0.1) is 0 Å². The zero-order chi connectivity index (χ0) is 13.7. The molecule has 106 valence electrons. The molecular formula is C12H20N4O2S. The first kappa shape index (κ1) is 14.4. The van der Waals surface area contributed by atoms with Gasteiger partial charge in [-0.3, -0.25) is 15.1 Å². The summed E-state index contributed by atoms with van der Waals surface area (Å²) in [6.45, 7) is 6.51. The number of nitrogens with one attached hydrogen (secondary N) is 1. The number of carbonyl (C=O) groups is 1. The van der Waals surface area contributed by atoms with Gasteiger partial charge < -0.3 is 4.74 Å². The van der Waals surface area contributed by atoms with Gasteiger partial charge in [0.05, 0.1) is 23.9 Å². The van der Waals surface area contributed by atoms with Crippen LogP contribution >= 0.6 is 11.3 Å². The van der Waals surface area contributed by atoms with Crippen LogP contribution < -0.4 is 11.3 Å². The number of ether oxygens (including phenoxy) is 1. The standard InChI is InChI=1S/C12H20N4O2S/c1-2-9-11(12(17)15-13)19-10(14-9)3-4-16-5-7-18-8-6-16/h2-8,13H2,1H3,(H,15,17). The Morgan fingerprint density at radius 1 is 1.53 bits per heavy atom. The first-order valence-electron chi connectivity index (χ1n) is 6.54. The van der Waals surface area contributed by atoms with E-state index in [9.17, 15) is 4.79 Å². The Hall–Kier alpha value is -1.02. The molecule has 1 saturated heterocycles. The average molecular weight is 284 g/mol. The lowest BCUT2D eigenvalue weighted by atomic mass is 10.3. The number of nitrogen functional groups attached to an aromatic ring is 1. The highest BCUT2D eigenvalue weighted by Gasteiger charge is 2.17. The van der Waals surface area contributed by atoms with Gasteiger partial charge in [0, 0.05) is 26.1 Å². The van der Waals surface area contributed by atoms with Crippen molar-refractivity contribution in [3.05, 3.63) is 15.6 Å². The predicted octanol–water partition coefficient (Wildman–Crippen LogP) is 0.184. The second kappa shape index (κ2) is 6.95. The summed E-state index contributed by atoms with van der Waals surface area (Å²) in [5, 5.41) is 1.00. The lowest BCUT2D eigenvalue weighted by Gasteiger charge is -2.25. The maximum absolute atomic E-state index is 11.6. The fourth-order valence-electron chi connectivity index (χ4n) is 2.07. The molecule has 1 aliphatic heterocycles. The van der Waals surface area contributed by atoms with Crippen LogP contribution in [0.5, 0.6) is 0 Å². The monoisotopic (exact) mass is 284 g/mol. The minimum atomic E-state index is -0.244. The number of hydrazine groups is 1. The largest absolute Gasteiger partial charge is 0.379 e. The highest BCUT2D eigenvalue weighted by molar-refractivity contribution is 7.13. The summed E-state index contributed by atoms with van der Waals surface area (Å²) >= 11 is 1.44. The van der Waals surface area contributed by atoms with E-state index < -0.39 is 0 Å². The Balaban J connectivity index is 1.96. The van der Waals surface area contributed by atoms with Crippen molar-refractivity contribution in [3.8, 4) is 0 Å². The Kier molecular flexibility index (Phi) is 5.26. The normalized spacial score (nSPS) is 16.5. The third-order valence-corrected chi connectivity index (χ3v) is 4.32. The first-order chi connectivity index (χ1) is 9.24. The summed E-state index contributed by atoms with van der Waals surface area (Å²) in [6, 6.07) is 0. The molecule has 0 radical (unpaired) electrons. The number of morpholine rings is 1. The molecule has 2 heterocycles. The quantitative estimate of drug-likeness (QED) is 0.458. The maximum atomic E-state index is 11.6. The molecule has 6 nitrogen and oxygen atoms in total. The smallest absolute Gasteiger partial charge is 0.277 e. The summed E-state index contributed by atoms with van der Waals surface area (Å²) in [6.07, 6.45) is 1.62. The minimum absolute atomic E-state index is 0.244. The lowest BCUT2D eigenvalue weighted by molar-refractivity contribution is 0.0384. The molecule has 0 atom stereocenters. The summed E-state index contributed by atoms with van der Waals surface area (Å²) in [7, 11) is 0. The Morgan fingerprint density at radius 2 is 2.26 bits per heavy atom. The van der Waals surface area contributed by atoms with Gasteiger partial charge in [0.2, 0.25) is 0 Å². The molecular weight excluding hydrogens is 264 g/mol. The van der Waals surface area contributed by atoms with E-state index in [1.807, 2.05) is 6.92 Å². The molecule has 1 aromatic heterocycles. The first-order valence-corrected chi connectivity index (χ1v) is 7.36. The van der Waals surface area contributed by atoms with E-state index in [1.54, 1.807) is 0 Å². The van der Waals surface area contributed by atoms with Gasteiger partial charge in [0.1, 0.15) is 4.88 Å². The molecule has 1 fully saturated rings. The van der Waals surface area contributed by atoms with Gasteiger partial charge in [0.15, 0.2) is 0 Å². The highest BCUT2D eigenvalue weighted by Crippen LogP contribution is 2.20. The second-order valence-electron chi connectivity index (χ2n) is 4.41. The molecule has 7 heteroatoms. The number of thiazole rings is 1. The van der Waals surface area contributed by atoms with Gasteiger partial charge in [-0.25, -0.2) is 10.8 Å². The number of nitrogens with zero attached hydrogens (tertiary/aromatic N) is 2. The van der Waals surface area contributed by atoms with Crippen LogP contribution in [-0.2, 0) is 17.6 Å². The van der Waals surface area contributed by atoms with Gasteiger partial charge in [-0.2, -0.15) is 0 Å². The van der Waals surface area contributed by atoms with E-state index in [2.05, 4.69) is 15.3 Å². The van der Waals surface area contributed by atoms with Gasteiger partial charge in [-0.15, -0.1) is 11.3 Å². The van der Waals surface area contributed by atoms with Crippen LogP contribution in [0.25, 0.3) is 0 Å². The highest BCUT2D eigenvalue weighted by atomic mass is 32.1. The molecule has 0 spiro atoms. The van der Waals surface area contributed by atoms with Crippen molar-refractivity contribution < 1.29 is 9.53 Å². The maximum Gasteiger partial charge on any atom is 0.277 e. The number of aryl methyl sites for hydroxylation is 1. The van der Waals surface area contributed by atoms with Crippen molar-refractivity contribution in [1.29, 1.82) is 0 Å². The SMILES string of the molecule is CCc1nc(CCN2CCOCC2)sc1C(=O)NN. The molecule has 0 aliphatic carbocycles. The van der Waals surface area contributed by atoms with E-state index in [-0.39, 0.29) is 5.91 Å². The van der Waals surface area contributed by atoms with Crippen LogP contribution in [0.2, 0.25) is 0 Å². The molecule has 1 aliphatic rings. The van der Waals surface area contributed by atoms with Gasteiger partial charge in [0.25, 0.3) is 5.91 Å². The fraction of sp³-hybridized carbons (Fsp3) is 0.667. The minimum Gasteiger partial charge on any atom is -0.379 e. The Bertz CT molecular complexity index is 429. The van der Waals surface area contributed by atoms with E-state index in [1.165, 1.54) is 11.3 Å². The van der Waals surface area contributed by atoms with Crippen LogP contribution in [0.15, 0.2) is 0 Å². The number of aromatic nitrogens is 1. The lowest BCUT2D eigenvalue weighted by Crippen LogP contribution is -2.37. The third-order valence-electron chi connectivity index (χ3n) is 3.16. The molecule has 1 aromatic rings. The molecule has 19 heavy (non-hydrogen) atoms. The second-order valence-corrected chi connectivity index (χ2v) is 5.50. The van der Waals surface area contributed by atoms with Crippen molar-refractivity contribution in [2.75, 3.05) is 32.8 Å². The van der Waals surface area contributed by atoms with Crippen LogP contribution in [0.3, 0.4) is 0 Å². The van der Waals surface area contributed by atoms with E-state index in [4.69, 9.17) is 10.6 Å². The number of hydrogen-bond acceptors (Lipinski definition) is 6. The molecule has 0 aromatic carbocycles. The van der Waals surface area contributed by atoms with E-state index >= 15 is 0 Å². The summed E-state index contributed by atoms with van der Waals surface area (Å²) in [5.41, 5.74) is 3.02. The average Bonchev–Trinajstić information content (AvgIpc) is 2.88. The molecule has 1 amide bonds. The van der Waals surface area contributed by atoms with Gasteiger partial charge in [-0.1, -0.05) is 6.92 Å². The van der Waals surface area contributed by atoms with E-state index in [0.717, 1.165) is 56.4 Å². The van der Waals surface area contributed by atoms with Crippen molar-refractivity contribution in [1.82, 2.24) is 15.3 Å². The van der Waals surface area contributed by atoms with Gasteiger partial charge >= 0.3 is 0 Å². The predicted molar refractivity (Wildman–Crippen MR) is 74.1 cm³/mol. The molecule has 0 bridgehead atoms. The van der Waals surface area contributed by atoms with Gasteiger partial charge in [-0.05, 0) is 6.42 Å². The van der Waals surface area contributed by atoms with Crippen molar-refractivity contribution in [2.45, 2.75) is 19.8 Å². The van der Waals surface area contributed by atoms with Crippen LogP contribution in [0.4, 0.5) is 0 Å². The molecule has 0 saturated carbocycles. The zero-order valence-electron chi connectivity index (χ0n) is 11.1. The summed E-state index contributed by atoms with van der Waals surface area (Å²) in [4.78, 5) is 19.1. The van der Waals surface area contributed by atoms with Crippen LogP contribution in [-0.4, -0.2) is 48.6 Å². The summed E-state index contributed by atoms with van der Waals surface area (Å²) < 4.78 is 5.32. The van der Waals surface area contributed by atoms with Crippen molar-refractivity contribution in [2.24, 2.45) is 5.84 Å². The molecule has 0 unspecified atom stereocenters. The van der Waals surface area contributed by atoms with Crippen LogP contribution in [0.1, 0.15) is 27.3 Å². The molecule has 2 rings (SSSR count). The number of hydrogen-bond donors (Lipinski definition) is 2. The summed E-state index contributed by atoms with van der Waals surface area (Å²) in [5.74, 6) is 4.94. The number of nitrogens with two attached hydrogens (primary N) is 1. The third kappa shape index (κ3) is 3.73. The Labute approximate surface area is 116 Å². The van der Waals surface area contributed by atoms with Crippen molar-refractivity contribution >= 4 is 17.2 Å². The van der Waals surface area contributed by atoms with E-state index in [0.29, 0.717) is 4.88 Å². The number of rotatable bonds is 5. The number of amides is 1. The number of carbonyl (C=O) groups excluding carboxylic acids is 1. The Morgan fingerprint density at radius 3 is 2.89 bits per heavy atom. The molecule has 3 N–H and O–H groups in total. The van der Waals surface area contributed by atoms with Crippen molar-refractivity contribution in [3.63, 3.8) is 0 Å².